The van der Waals surface area contributed by atoms with Crippen LogP contribution in [0.1, 0.15) is 84.0 Å². The first kappa shape index (κ1) is 18.6. The first-order chi connectivity index (χ1) is 10.2. The largest absolute Gasteiger partial charge is 0.390 e. The van der Waals surface area contributed by atoms with Crippen molar-refractivity contribution in [1.29, 1.82) is 0 Å². The van der Waals surface area contributed by atoms with Crippen LogP contribution in [0.3, 0.4) is 0 Å². The van der Waals surface area contributed by atoms with Gasteiger partial charge in [0.15, 0.2) is 0 Å². The predicted octanol–water partition coefficient (Wildman–Crippen LogP) is 4.26. The number of aliphatic hydroxyl groups is 1. The van der Waals surface area contributed by atoms with Crippen LogP contribution in [0.2, 0.25) is 0 Å². The molecule has 0 saturated heterocycles. The van der Waals surface area contributed by atoms with Crippen molar-refractivity contribution in [3.63, 3.8) is 0 Å². The summed E-state index contributed by atoms with van der Waals surface area (Å²) in [7, 11) is 1.67. The van der Waals surface area contributed by atoms with E-state index >= 15 is 0 Å². The summed E-state index contributed by atoms with van der Waals surface area (Å²) in [6, 6.07) is 0. The Morgan fingerprint density at radius 1 is 1.10 bits per heavy atom. The van der Waals surface area contributed by atoms with Gasteiger partial charge in [0.1, 0.15) is 5.78 Å². The molecule has 0 radical (unpaired) electrons. The molecule has 0 heterocycles. The van der Waals surface area contributed by atoms with Crippen LogP contribution in [0, 0.1) is 5.92 Å². The molecule has 3 atom stereocenters. The van der Waals surface area contributed by atoms with Crippen LogP contribution in [-0.2, 0) is 9.53 Å². The van der Waals surface area contributed by atoms with Gasteiger partial charge in [0.05, 0.1) is 12.2 Å². The van der Waals surface area contributed by atoms with Crippen LogP contribution < -0.4 is 0 Å². The molecule has 1 N–H and O–H groups in total. The second-order valence-corrected chi connectivity index (χ2v) is 6.62. The minimum Gasteiger partial charge on any atom is -0.390 e. The average Bonchev–Trinajstić information content (AvgIpc) is 2.50. The van der Waals surface area contributed by atoms with Crippen LogP contribution in [0.25, 0.3) is 0 Å². The van der Waals surface area contributed by atoms with Crippen LogP contribution in [0.15, 0.2) is 0 Å². The van der Waals surface area contributed by atoms with Crippen LogP contribution >= 0.6 is 0 Å². The van der Waals surface area contributed by atoms with Crippen molar-refractivity contribution in [3.8, 4) is 0 Å². The Morgan fingerprint density at radius 3 is 2.52 bits per heavy atom. The van der Waals surface area contributed by atoms with E-state index in [1.165, 1.54) is 32.1 Å². The molecule has 0 aromatic carbocycles. The van der Waals surface area contributed by atoms with Gasteiger partial charge >= 0.3 is 0 Å². The van der Waals surface area contributed by atoms with Gasteiger partial charge in [-0.1, -0.05) is 39.0 Å². The highest BCUT2D eigenvalue weighted by Gasteiger charge is 2.29. The number of hydrogen-bond acceptors (Lipinski definition) is 3. The fraction of sp³-hybridized carbons (Fsp3) is 0.944. The molecule has 0 amide bonds. The number of ether oxygens (including phenoxy) is 1. The fourth-order valence-corrected chi connectivity index (χ4v) is 3.30. The van der Waals surface area contributed by atoms with Gasteiger partial charge in [-0.25, -0.2) is 0 Å². The summed E-state index contributed by atoms with van der Waals surface area (Å²) >= 11 is 0. The molecule has 1 aliphatic rings. The molecule has 0 aromatic heterocycles. The minimum absolute atomic E-state index is 0.0302. The third-order valence-electron chi connectivity index (χ3n) is 4.81. The lowest BCUT2D eigenvalue weighted by Crippen LogP contribution is -2.35. The smallest absolute Gasteiger partial charge is 0.132 e. The van der Waals surface area contributed by atoms with E-state index < -0.39 is 0 Å². The standard InChI is InChI=1S/C18H34O3/c1-3-4-5-6-7-8-9-16(19)12-10-15-11-13-17(20)18(14-15)21-2/h15,17-18,20H,3-14H2,1-2H3. The third-order valence-corrected chi connectivity index (χ3v) is 4.81. The van der Waals surface area contributed by atoms with Gasteiger partial charge in [0.2, 0.25) is 0 Å². The predicted molar refractivity (Wildman–Crippen MR) is 86.4 cm³/mol. The fourth-order valence-electron chi connectivity index (χ4n) is 3.30. The van der Waals surface area contributed by atoms with Crippen molar-refractivity contribution in [2.75, 3.05) is 7.11 Å². The number of unbranched alkanes of at least 4 members (excludes halogenated alkanes) is 5. The van der Waals surface area contributed by atoms with Gasteiger partial charge in [-0.3, -0.25) is 4.79 Å². The van der Waals surface area contributed by atoms with Gasteiger partial charge in [-0.05, 0) is 38.0 Å². The summed E-state index contributed by atoms with van der Waals surface area (Å²) in [5, 5.41) is 9.78. The number of aliphatic hydroxyl groups excluding tert-OH is 1. The molecule has 0 aliphatic heterocycles. The van der Waals surface area contributed by atoms with Crippen molar-refractivity contribution < 1.29 is 14.6 Å². The Hall–Kier alpha value is -0.410. The van der Waals surface area contributed by atoms with Crippen molar-refractivity contribution in [1.82, 2.24) is 0 Å². The van der Waals surface area contributed by atoms with Crippen molar-refractivity contribution >= 4 is 5.78 Å². The molecule has 21 heavy (non-hydrogen) atoms. The number of hydrogen-bond donors (Lipinski definition) is 1. The van der Waals surface area contributed by atoms with Crippen LogP contribution in [0.4, 0.5) is 0 Å². The highest BCUT2D eigenvalue weighted by molar-refractivity contribution is 5.78. The summed E-state index contributed by atoms with van der Waals surface area (Å²) < 4.78 is 5.32. The molecule has 0 aromatic rings. The molecule has 3 nitrogen and oxygen atoms in total. The Bertz CT molecular complexity index is 278. The molecule has 1 saturated carbocycles. The lowest BCUT2D eigenvalue weighted by atomic mass is 9.82. The zero-order chi connectivity index (χ0) is 15.5. The molecule has 124 valence electrons. The maximum absolute atomic E-state index is 11.9. The maximum atomic E-state index is 11.9. The van der Waals surface area contributed by atoms with E-state index in [2.05, 4.69) is 6.92 Å². The maximum Gasteiger partial charge on any atom is 0.132 e. The second kappa shape index (κ2) is 11.2. The first-order valence-electron chi connectivity index (χ1n) is 8.90. The topological polar surface area (TPSA) is 46.5 Å². The second-order valence-electron chi connectivity index (χ2n) is 6.62. The molecule has 1 fully saturated rings. The van der Waals surface area contributed by atoms with Crippen LogP contribution in [-0.4, -0.2) is 30.2 Å². The highest BCUT2D eigenvalue weighted by Crippen LogP contribution is 2.29. The van der Waals surface area contributed by atoms with Gasteiger partial charge in [-0.2, -0.15) is 0 Å². The molecule has 0 spiro atoms. The summed E-state index contributed by atoms with van der Waals surface area (Å²) in [6.45, 7) is 2.22. The van der Waals surface area contributed by atoms with E-state index in [9.17, 15) is 9.90 Å². The average molecular weight is 298 g/mol. The van der Waals surface area contributed by atoms with Gasteiger partial charge in [0.25, 0.3) is 0 Å². The van der Waals surface area contributed by atoms with Gasteiger partial charge in [-0.15, -0.1) is 0 Å². The lowest BCUT2D eigenvalue weighted by Gasteiger charge is -2.32. The third kappa shape index (κ3) is 7.96. The lowest BCUT2D eigenvalue weighted by molar-refractivity contribution is -0.119. The summed E-state index contributed by atoms with van der Waals surface area (Å²) in [5.74, 6) is 0.970. The molecule has 1 aliphatic carbocycles. The summed E-state index contributed by atoms with van der Waals surface area (Å²) in [5.41, 5.74) is 0. The monoisotopic (exact) mass is 298 g/mol. The van der Waals surface area contributed by atoms with Gasteiger partial charge in [0, 0.05) is 20.0 Å². The summed E-state index contributed by atoms with van der Waals surface area (Å²) in [6.07, 6.45) is 12.3. The van der Waals surface area contributed by atoms with Gasteiger partial charge < -0.3 is 9.84 Å². The molecule has 1 rings (SSSR count). The Kier molecular flexibility index (Phi) is 9.94. The molecular formula is C18H34O3. The number of carbonyl (C=O) groups is 1. The normalized spacial score (nSPS) is 26.0. The first-order valence-corrected chi connectivity index (χ1v) is 8.90. The zero-order valence-electron chi connectivity index (χ0n) is 14.0. The van der Waals surface area contributed by atoms with E-state index in [4.69, 9.17) is 4.74 Å². The van der Waals surface area contributed by atoms with Crippen molar-refractivity contribution in [2.45, 2.75) is 96.2 Å². The highest BCUT2D eigenvalue weighted by atomic mass is 16.5. The minimum atomic E-state index is -0.315. The number of methoxy groups -OCH3 is 1. The number of carbonyl (C=O) groups excluding carboxylic acids is 1. The Morgan fingerprint density at radius 2 is 1.81 bits per heavy atom. The quantitative estimate of drug-likeness (QED) is 0.580. The van der Waals surface area contributed by atoms with E-state index in [0.29, 0.717) is 18.1 Å². The summed E-state index contributed by atoms with van der Waals surface area (Å²) in [4.78, 5) is 11.9. The number of ketones is 1. The van der Waals surface area contributed by atoms with Crippen LogP contribution in [0.5, 0.6) is 0 Å². The number of rotatable bonds is 11. The van der Waals surface area contributed by atoms with E-state index in [-0.39, 0.29) is 12.2 Å². The van der Waals surface area contributed by atoms with Crippen molar-refractivity contribution in [3.05, 3.63) is 0 Å². The molecular weight excluding hydrogens is 264 g/mol. The molecule has 3 unspecified atom stereocenters. The van der Waals surface area contributed by atoms with E-state index in [1.54, 1.807) is 7.11 Å². The Balaban J connectivity index is 2.05. The van der Waals surface area contributed by atoms with E-state index in [1.807, 2.05) is 0 Å². The molecule has 0 bridgehead atoms. The SMILES string of the molecule is CCCCCCCCC(=O)CCC1CCC(O)C(OC)C1. The zero-order valence-corrected chi connectivity index (χ0v) is 14.0. The van der Waals surface area contributed by atoms with Crippen molar-refractivity contribution in [2.24, 2.45) is 5.92 Å². The molecule has 3 heteroatoms. The Labute approximate surface area is 130 Å². The van der Waals surface area contributed by atoms with E-state index in [0.717, 1.165) is 38.5 Å². The number of Topliss-reactive ketones (excluding diaryl/α,β-unsaturated/α-hetero) is 1.